The highest BCUT2D eigenvalue weighted by atomic mass is 16.3. The smallest absolute Gasteiger partial charge is 0.255 e. The van der Waals surface area contributed by atoms with Crippen LogP contribution in [-0.4, -0.2) is 37.2 Å². The molecular formula is C19H19N5O2. The van der Waals surface area contributed by atoms with Gasteiger partial charge in [-0.1, -0.05) is 30.3 Å². The Balaban J connectivity index is 1.53. The van der Waals surface area contributed by atoms with E-state index in [1.165, 1.54) is 6.20 Å². The van der Waals surface area contributed by atoms with Crippen molar-refractivity contribution in [3.63, 3.8) is 0 Å². The number of hydrogen-bond acceptors (Lipinski definition) is 5. The molecular weight excluding hydrogens is 330 g/mol. The fraction of sp³-hybridized carbons (Fsp3) is 0.211. The van der Waals surface area contributed by atoms with Gasteiger partial charge in [0.25, 0.3) is 5.91 Å². The molecule has 1 aliphatic heterocycles. The van der Waals surface area contributed by atoms with Crippen molar-refractivity contribution in [2.24, 2.45) is 0 Å². The predicted molar refractivity (Wildman–Crippen MR) is 96.1 cm³/mol. The Labute approximate surface area is 150 Å². The molecule has 0 radical (unpaired) electrons. The number of aliphatic hydroxyl groups is 1. The van der Waals surface area contributed by atoms with Crippen molar-refractivity contribution in [3.8, 4) is 0 Å². The molecule has 0 spiro atoms. The standard InChI is InChI=1S/C19H19N5O2/c20-17-7-6-14(11-21-17)19(26)23-8-9-24-15(12-23)10-16(22-24)18(25)13-4-2-1-3-5-13/h1-7,10-11,18,25H,8-9,12H2,(H2,20,21)/t18-/m1/s1. The topological polar surface area (TPSA) is 97.3 Å². The van der Waals surface area contributed by atoms with Crippen LogP contribution in [0.4, 0.5) is 5.82 Å². The Morgan fingerprint density at radius 2 is 1.96 bits per heavy atom. The molecule has 3 heterocycles. The Kier molecular flexibility index (Phi) is 4.14. The van der Waals surface area contributed by atoms with Crippen LogP contribution in [0.5, 0.6) is 0 Å². The predicted octanol–water partition coefficient (Wildman–Crippen LogP) is 1.60. The third kappa shape index (κ3) is 3.04. The molecule has 0 bridgehead atoms. The van der Waals surface area contributed by atoms with Crippen molar-refractivity contribution < 1.29 is 9.90 Å². The van der Waals surface area contributed by atoms with Crippen LogP contribution in [-0.2, 0) is 13.1 Å². The number of hydrogen-bond donors (Lipinski definition) is 2. The van der Waals surface area contributed by atoms with Crippen molar-refractivity contribution in [2.45, 2.75) is 19.2 Å². The molecule has 1 amide bonds. The van der Waals surface area contributed by atoms with Crippen LogP contribution in [0, 0.1) is 0 Å². The maximum atomic E-state index is 12.6. The first-order valence-corrected chi connectivity index (χ1v) is 8.42. The van der Waals surface area contributed by atoms with E-state index in [2.05, 4.69) is 10.1 Å². The molecule has 3 aromatic rings. The molecule has 0 unspecified atom stereocenters. The number of benzene rings is 1. The van der Waals surface area contributed by atoms with Crippen LogP contribution >= 0.6 is 0 Å². The van der Waals surface area contributed by atoms with Crippen LogP contribution in [0.3, 0.4) is 0 Å². The van der Waals surface area contributed by atoms with Gasteiger partial charge in [0, 0.05) is 12.7 Å². The molecule has 1 atom stereocenters. The van der Waals surface area contributed by atoms with Gasteiger partial charge in [0.2, 0.25) is 0 Å². The number of fused-ring (bicyclic) bond motifs is 1. The summed E-state index contributed by atoms with van der Waals surface area (Å²) in [6.45, 7) is 1.58. The minimum absolute atomic E-state index is 0.0879. The summed E-state index contributed by atoms with van der Waals surface area (Å²) in [4.78, 5) is 18.4. The number of nitrogens with zero attached hydrogens (tertiary/aromatic N) is 4. The summed E-state index contributed by atoms with van der Waals surface area (Å²) in [6.07, 6.45) is 0.716. The number of nitrogen functional groups attached to an aromatic ring is 1. The second kappa shape index (κ2) is 6.61. The molecule has 26 heavy (non-hydrogen) atoms. The molecule has 1 aromatic carbocycles. The summed E-state index contributed by atoms with van der Waals surface area (Å²) in [5.74, 6) is 0.299. The molecule has 0 saturated carbocycles. The highest BCUT2D eigenvalue weighted by Gasteiger charge is 2.25. The average Bonchev–Trinajstić information content (AvgIpc) is 3.11. The van der Waals surface area contributed by atoms with Gasteiger partial charge in [0.15, 0.2) is 0 Å². The van der Waals surface area contributed by atoms with E-state index >= 15 is 0 Å². The summed E-state index contributed by atoms with van der Waals surface area (Å²) < 4.78 is 1.85. The quantitative estimate of drug-likeness (QED) is 0.748. The second-order valence-electron chi connectivity index (χ2n) is 6.30. The maximum Gasteiger partial charge on any atom is 0.255 e. The number of aromatic nitrogens is 3. The summed E-state index contributed by atoms with van der Waals surface area (Å²) in [5.41, 5.74) is 8.38. The van der Waals surface area contributed by atoms with Gasteiger partial charge in [0.1, 0.15) is 11.9 Å². The van der Waals surface area contributed by atoms with Gasteiger partial charge in [-0.3, -0.25) is 9.48 Å². The van der Waals surface area contributed by atoms with Crippen LogP contribution in [0.15, 0.2) is 54.7 Å². The fourth-order valence-electron chi connectivity index (χ4n) is 3.12. The maximum absolute atomic E-state index is 12.6. The van der Waals surface area contributed by atoms with Gasteiger partial charge in [-0.2, -0.15) is 5.10 Å². The van der Waals surface area contributed by atoms with Gasteiger partial charge in [-0.05, 0) is 23.8 Å². The zero-order chi connectivity index (χ0) is 18.1. The molecule has 7 nitrogen and oxygen atoms in total. The number of aliphatic hydroxyl groups excluding tert-OH is 1. The van der Waals surface area contributed by atoms with Gasteiger partial charge in [0.05, 0.1) is 30.0 Å². The number of carbonyl (C=O) groups is 1. The van der Waals surface area contributed by atoms with Gasteiger partial charge in [-0.25, -0.2) is 4.98 Å². The first-order valence-electron chi connectivity index (χ1n) is 8.42. The van der Waals surface area contributed by atoms with Crippen molar-refractivity contribution in [3.05, 3.63) is 77.2 Å². The minimum atomic E-state index is -0.778. The number of anilines is 1. The van der Waals surface area contributed by atoms with E-state index in [-0.39, 0.29) is 5.91 Å². The number of amides is 1. The Hall–Kier alpha value is -3.19. The van der Waals surface area contributed by atoms with Crippen LogP contribution in [0.1, 0.15) is 33.4 Å². The summed E-state index contributed by atoms with van der Waals surface area (Å²) in [6, 6.07) is 14.6. The second-order valence-corrected chi connectivity index (χ2v) is 6.30. The molecule has 0 saturated heterocycles. The first kappa shape index (κ1) is 16.3. The average molecular weight is 349 g/mol. The highest BCUT2D eigenvalue weighted by Crippen LogP contribution is 2.24. The fourth-order valence-corrected chi connectivity index (χ4v) is 3.12. The highest BCUT2D eigenvalue weighted by molar-refractivity contribution is 5.94. The van der Waals surface area contributed by atoms with Gasteiger partial charge in [-0.15, -0.1) is 0 Å². The summed E-state index contributed by atoms with van der Waals surface area (Å²) >= 11 is 0. The molecule has 0 fully saturated rings. The molecule has 132 valence electrons. The van der Waals surface area contributed by atoms with E-state index in [9.17, 15) is 9.90 Å². The largest absolute Gasteiger partial charge is 0.384 e. The van der Waals surface area contributed by atoms with E-state index in [0.717, 1.165) is 11.3 Å². The Morgan fingerprint density at radius 1 is 1.15 bits per heavy atom. The van der Waals surface area contributed by atoms with Crippen molar-refractivity contribution in [1.82, 2.24) is 19.7 Å². The van der Waals surface area contributed by atoms with Crippen LogP contribution in [0.2, 0.25) is 0 Å². The molecule has 4 rings (SSSR count). The molecule has 7 heteroatoms. The lowest BCUT2D eigenvalue weighted by atomic mass is 10.1. The third-order valence-electron chi connectivity index (χ3n) is 4.53. The van der Waals surface area contributed by atoms with E-state index in [1.807, 2.05) is 41.1 Å². The van der Waals surface area contributed by atoms with Crippen molar-refractivity contribution in [1.29, 1.82) is 0 Å². The number of nitrogens with two attached hydrogens (primary N) is 1. The van der Waals surface area contributed by atoms with Crippen LogP contribution < -0.4 is 5.73 Å². The van der Waals surface area contributed by atoms with Gasteiger partial charge >= 0.3 is 0 Å². The number of pyridine rings is 1. The zero-order valence-electron chi connectivity index (χ0n) is 14.1. The number of rotatable bonds is 3. The monoisotopic (exact) mass is 349 g/mol. The first-order chi connectivity index (χ1) is 12.6. The molecule has 0 aliphatic carbocycles. The Bertz CT molecular complexity index is 921. The lowest BCUT2D eigenvalue weighted by Crippen LogP contribution is -2.38. The van der Waals surface area contributed by atoms with E-state index in [1.54, 1.807) is 17.0 Å². The lowest BCUT2D eigenvalue weighted by Gasteiger charge is -2.27. The van der Waals surface area contributed by atoms with E-state index < -0.39 is 6.10 Å². The SMILES string of the molecule is Nc1ccc(C(=O)N2CCn3nc([C@H](O)c4ccccc4)cc3C2)cn1. The number of carbonyl (C=O) groups excluding carboxylic acids is 1. The molecule has 3 N–H and O–H groups in total. The minimum Gasteiger partial charge on any atom is -0.384 e. The van der Waals surface area contributed by atoms with Crippen molar-refractivity contribution in [2.75, 3.05) is 12.3 Å². The van der Waals surface area contributed by atoms with E-state index in [4.69, 9.17) is 5.73 Å². The molecule has 2 aromatic heterocycles. The van der Waals surface area contributed by atoms with E-state index in [0.29, 0.717) is 36.7 Å². The van der Waals surface area contributed by atoms with Crippen LogP contribution in [0.25, 0.3) is 0 Å². The third-order valence-corrected chi connectivity index (χ3v) is 4.53. The molecule has 1 aliphatic rings. The normalized spacial score (nSPS) is 14.7. The summed E-state index contributed by atoms with van der Waals surface area (Å²) in [5, 5.41) is 15.0. The lowest BCUT2D eigenvalue weighted by molar-refractivity contribution is 0.0705. The Morgan fingerprint density at radius 3 is 2.69 bits per heavy atom. The van der Waals surface area contributed by atoms with Gasteiger partial charge < -0.3 is 15.7 Å². The summed E-state index contributed by atoms with van der Waals surface area (Å²) in [7, 11) is 0. The van der Waals surface area contributed by atoms with Crippen molar-refractivity contribution >= 4 is 11.7 Å². The zero-order valence-corrected chi connectivity index (χ0v) is 14.1.